The quantitative estimate of drug-likeness (QED) is 0.892. The summed E-state index contributed by atoms with van der Waals surface area (Å²) in [6.45, 7) is 2.52. The molecule has 0 aliphatic heterocycles. The Balaban J connectivity index is 1.96. The van der Waals surface area contributed by atoms with Gasteiger partial charge in [0.15, 0.2) is 0 Å². The third kappa shape index (κ3) is 3.71. The van der Waals surface area contributed by atoms with Crippen LogP contribution in [0.25, 0.3) is 0 Å². The molecule has 1 heterocycles. The zero-order valence-electron chi connectivity index (χ0n) is 11.4. The predicted octanol–water partition coefficient (Wildman–Crippen LogP) is 3.12. The summed E-state index contributed by atoms with van der Waals surface area (Å²) in [7, 11) is 1.78. The highest BCUT2D eigenvalue weighted by molar-refractivity contribution is 7.09. The van der Waals surface area contributed by atoms with E-state index in [0.29, 0.717) is 17.1 Å². The van der Waals surface area contributed by atoms with Gasteiger partial charge in [0.05, 0.1) is 16.3 Å². The van der Waals surface area contributed by atoms with E-state index < -0.39 is 0 Å². The number of anilines is 1. The van der Waals surface area contributed by atoms with Crippen molar-refractivity contribution in [2.45, 2.75) is 13.3 Å². The van der Waals surface area contributed by atoms with Gasteiger partial charge in [-0.2, -0.15) is 0 Å². The summed E-state index contributed by atoms with van der Waals surface area (Å²) in [5.41, 5.74) is 2.32. The monoisotopic (exact) mass is 309 g/mol. The first-order valence-electron chi connectivity index (χ1n) is 6.26. The zero-order chi connectivity index (χ0) is 14.5. The fourth-order valence-electron chi connectivity index (χ4n) is 1.84. The van der Waals surface area contributed by atoms with E-state index in [0.717, 1.165) is 22.8 Å². The Kier molecular flexibility index (Phi) is 4.98. The second kappa shape index (κ2) is 6.72. The van der Waals surface area contributed by atoms with E-state index in [1.165, 1.54) is 0 Å². The number of aryl methyl sites for hydroxylation is 1. The van der Waals surface area contributed by atoms with Gasteiger partial charge in [0.2, 0.25) is 0 Å². The number of hydrogen-bond donors (Lipinski definition) is 2. The predicted molar refractivity (Wildman–Crippen MR) is 83.9 cm³/mol. The van der Waals surface area contributed by atoms with Crippen LogP contribution in [0.2, 0.25) is 5.02 Å². The van der Waals surface area contributed by atoms with Crippen LogP contribution in [-0.2, 0) is 6.42 Å². The Morgan fingerprint density at radius 3 is 2.90 bits per heavy atom. The molecule has 0 saturated heterocycles. The van der Waals surface area contributed by atoms with E-state index in [1.54, 1.807) is 36.6 Å². The number of nitrogens with one attached hydrogen (secondary N) is 2. The van der Waals surface area contributed by atoms with Crippen LogP contribution in [0.1, 0.15) is 21.1 Å². The molecule has 1 aromatic heterocycles. The maximum Gasteiger partial charge on any atom is 0.253 e. The maximum atomic E-state index is 12.1. The number of rotatable bonds is 5. The molecule has 0 unspecified atom stereocenters. The summed E-state index contributed by atoms with van der Waals surface area (Å²) in [6, 6.07) is 5.21. The molecule has 0 aliphatic rings. The fraction of sp³-hybridized carbons (Fsp3) is 0.286. The molecule has 0 fully saturated rings. The van der Waals surface area contributed by atoms with Crippen molar-refractivity contribution in [1.82, 2.24) is 10.3 Å². The lowest BCUT2D eigenvalue weighted by molar-refractivity contribution is 0.0955. The number of aromatic nitrogens is 1. The molecule has 106 valence electrons. The molecule has 0 atom stereocenters. The summed E-state index contributed by atoms with van der Waals surface area (Å²) in [4.78, 5) is 16.5. The van der Waals surface area contributed by atoms with Crippen LogP contribution < -0.4 is 10.6 Å². The van der Waals surface area contributed by atoms with Gasteiger partial charge in [-0.1, -0.05) is 11.6 Å². The van der Waals surface area contributed by atoms with E-state index in [2.05, 4.69) is 15.6 Å². The van der Waals surface area contributed by atoms with Crippen molar-refractivity contribution in [2.24, 2.45) is 0 Å². The Labute approximate surface area is 127 Å². The summed E-state index contributed by atoms with van der Waals surface area (Å²) < 4.78 is 0. The normalized spacial score (nSPS) is 10.3. The largest absolute Gasteiger partial charge is 0.387 e. The molecule has 6 heteroatoms. The summed E-state index contributed by atoms with van der Waals surface area (Å²) in [5.74, 6) is -0.135. The number of nitrogens with zero attached hydrogens (tertiary/aromatic N) is 1. The summed E-state index contributed by atoms with van der Waals surface area (Å²) >= 11 is 7.55. The molecular weight excluding hydrogens is 294 g/mol. The molecular formula is C14H16ClN3OS. The average molecular weight is 310 g/mol. The number of carbonyl (C=O) groups is 1. The van der Waals surface area contributed by atoms with Gasteiger partial charge >= 0.3 is 0 Å². The number of carbonyl (C=O) groups excluding carboxylic acids is 1. The lowest BCUT2D eigenvalue weighted by atomic mass is 10.1. The molecule has 20 heavy (non-hydrogen) atoms. The van der Waals surface area contributed by atoms with Crippen molar-refractivity contribution in [3.8, 4) is 0 Å². The summed E-state index contributed by atoms with van der Waals surface area (Å²) in [5, 5.41) is 9.47. The second-order valence-electron chi connectivity index (χ2n) is 4.30. The Bertz CT molecular complexity index is 612. The van der Waals surface area contributed by atoms with Gasteiger partial charge in [-0.25, -0.2) is 4.98 Å². The maximum absolute atomic E-state index is 12.1. The van der Waals surface area contributed by atoms with E-state index in [-0.39, 0.29) is 5.91 Å². The van der Waals surface area contributed by atoms with Crippen LogP contribution in [0.15, 0.2) is 23.6 Å². The molecule has 2 N–H and O–H groups in total. The van der Waals surface area contributed by atoms with Gasteiger partial charge < -0.3 is 10.6 Å². The van der Waals surface area contributed by atoms with E-state index in [1.807, 2.05) is 12.3 Å². The van der Waals surface area contributed by atoms with Crippen LogP contribution in [0.4, 0.5) is 5.69 Å². The number of amides is 1. The van der Waals surface area contributed by atoms with E-state index in [9.17, 15) is 4.79 Å². The van der Waals surface area contributed by atoms with Crippen molar-refractivity contribution >= 4 is 34.5 Å². The minimum atomic E-state index is -0.135. The van der Waals surface area contributed by atoms with Gasteiger partial charge in [-0.3, -0.25) is 4.79 Å². The highest BCUT2D eigenvalue weighted by Crippen LogP contribution is 2.20. The van der Waals surface area contributed by atoms with Crippen molar-refractivity contribution in [1.29, 1.82) is 0 Å². The average Bonchev–Trinajstić information content (AvgIpc) is 2.84. The first-order chi connectivity index (χ1) is 9.60. The minimum absolute atomic E-state index is 0.135. The lowest BCUT2D eigenvalue weighted by Crippen LogP contribution is -2.26. The number of benzene rings is 1. The second-order valence-corrected chi connectivity index (χ2v) is 5.80. The van der Waals surface area contributed by atoms with Gasteiger partial charge in [0.25, 0.3) is 5.91 Å². The van der Waals surface area contributed by atoms with Crippen molar-refractivity contribution in [3.63, 3.8) is 0 Å². The molecule has 1 aromatic carbocycles. The molecule has 0 aliphatic carbocycles. The third-order valence-electron chi connectivity index (χ3n) is 2.83. The topological polar surface area (TPSA) is 54.0 Å². The van der Waals surface area contributed by atoms with Gasteiger partial charge in [-0.15, -0.1) is 11.3 Å². The molecule has 4 nitrogen and oxygen atoms in total. The number of thiazole rings is 1. The van der Waals surface area contributed by atoms with Gasteiger partial charge in [0.1, 0.15) is 0 Å². The fourth-order valence-corrected chi connectivity index (χ4v) is 2.66. The van der Waals surface area contributed by atoms with Crippen LogP contribution in [-0.4, -0.2) is 24.5 Å². The number of halogens is 1. The minimum Gasteiger partial charge on any atom is -0.387 e. The highest BCUT2D eigenvalue weighted by atomic mass is 35.5. The van der Waals surface area contributed by atoms with Crippen molar-refractivity contribution in [2.75, 3.05) is 18.9 Å². The van der Waals surface area contributed by atoms with Crippen molar-refractivity contribution in [3.05, 3.63) is 44.9 Å². The first-order valence-corrected chi connectivity index (χ1v) is 7.52. The lowest BCUT2D eigenvalue weighted by Gasteiger charge is -2.10. The molecule has 0 saturated carbocycles. The SMILES string of the molecule is CNc1ccc(Cl)cc1C(=O)NCCc1csc(C)n1. The molecule has 2 aromatic rings. The van der Waals surface area contributed by atoms with E-state index >= 15 is 0 Å². The van der Waals surface area contributed by atoms with Gasteiger partial charge in [0, 0.05) is 36.1 Å². The van der Waals surface area contributed by atoms with Crippen LogP contribution >= 0.6 is 22.9 Å². The van der Waals surface area contributed by atoms with Crippen LogP contribution in [0.3, 0.4) is 0 Å². The molecule has 2 rings (SSSR count). The smallest absolute Gasteiger partial charge is 0.253 e. The Morgan fingerprint density at radius 1 is 1.45 bits per heavy atom. The van der Waals surface area contributed by atoms with Crippen LogP contribution in [0, 0.1) is 6.92 Å². The third-order valence-corrected chi connectivity index (χ3v) is 3.89. The molecule has 0 radical (unpaired) electrons. The van der Waals surface area contributed by atoms with Gasteiger partial charge in [-0.05, 0) is 25.1 Å². The number of hydrogen-bond acceptors (Lipinski definition) is 4. The summed E-state index contributed by atoms with van der Waals surface area (Å²) in [6.07, 6.45) is 0.728. The Morgan fingerprint density at radius 2 is 2.25 bits per heavy atom. The van der Waals surface area contributed by atoms with Crippen LogP contribution in [0.5, 0.6) is 0 Å². The first kappa shape index (κ1) is 14.8. The molecule has 0 spiro atoms. The van der Waals surface area contributed by atoms with Crippen molar-refractivity contribution < 1.29 is 4.79 Å². The zero-order valence-corrected chi connectivity index (χ0v) is 12.9. The molecule has 0 bridgehead atoms. The highest BCUT2D eigenvalue weighted by Gasteiger charge is 2.11. The Hall–Kier alpha value is -1.59. The standard InChI is InChI=1S/C14H16ClN3OS/c1-9-18-11(8-20-9)5-6-17-14(19)12-7-10(15)3-4-13(12)16-2/h3-4,7-8,16H,5-6H2,1-2H3,(H,17,19). The molecule has 1 amide bonds. The van der Waals surface area contributed by atoms with E-state index in [4.69, 9.17) is 11.6 Å².